The molecule has 0 fully saturated rings. The zero-order valence-electron chi connectivity index (χ0n) is 12.2. The van der Waals surface area contributed by atoms with E-state index >= 15 is 0 Å². The van der Waals surface area contributed by atoms with Gasteiger partial charge < -0.3 is 0 Å². The van der Waals surface area contributed by atoms with E-state index in [2.05, 4.69) is 5.10 Å². The molecule has 22 heavy (non-hydrogen) atoms. The van der Waals surface area contributed by atoms with Crippen molar-refractivity contribution in [2.45, 2.75) is 13.5 Å². The van der Waals surface area contributed by atoms with Gasteiger partial charge in [-0.1, -0.05) is 42.5 Å². The second-order valence-electron chi connectivity index (χ2n) is 4.92. The van der Waals surface area contributed by atoms with Crippen LogP contribution in [0.2, 0.25) is 0 Å². The van der Waals surface area contributed by atoms with E-state index in [1.54, 1.807) is 29.1 Å². The highest BCUT2D eigenvalue weighted by atomic mass is 19.1. The molecule has 0 bridgehead atoms. The van der Waals surface area contributed by atoms with Gasteiger partial charge in [-0.3, -0.25) is 9.48 Å². The summed E-state index contributed by atoms with van der Waals surface area (Å²) in [6, 6.07) is 15.6. The fourth-order valence-electron chi connectivity index (χ4n) is 2.35. The Bertz CT molecular complexity index is 856. The first-order valence-corrected chi connectivity index (χ1v) is 7.12. The van der Waals surface area contributed by atoms with Crippen LogP contribution >= 0.6 is 0 Å². The Labute approximate surface area is 127 Å². The first kappa shape index (κ1) is 14.2. The van der Waals surface area contributed by atoms with Crippen LogP contribution in [0.15, 0.2) is 65.6 Å². The standard InChI is InChI=1S/C18H15FN2O/c1-2-21-12-15(13-8-4-3-5-9-13)18(22)17(20-21)14-10-6-7-11-16(14)19/h3-12H,2H2,1H3. The molecule has 0 aliphatic heterocycles. The van der Waals surface area contributed by atoms with Gasteiger partial charge in [0, 0.05) is 23.9 Å². The van der Waals surface area contributed by atoms with Crippen molar-refractivity contribution >= 4 is 0 Å². The SMILES string of the molecule is CCn1cc(-c2ccccc2)c(=O)c(-c2ccccc2F)n1. The third-order valence-corrected chi connectivity index (χ3v) is 3.50. The molecule has 1 aromatic heterocycles. The predicted octanol–water partition coefficient (Wildman–Crippen LogP) is 3.74. The van der Waals surface area contributed by atoms with E-state index < -0.39 is 5.82 Å². The second-order valence-corrected chi connectivity index (χ2v) is 4.92. The number of hydrogen-bond donors (Lipinski definition) is 0. The van der Waals surface area contributed by atoms with Crippen LogP contribution in [0.3, 0.4) is 0 Å². The molecule has 0 atom stereocenters. The molecule has 0 unspecified atom stereocenters. The van der Waals surface area contributed by atoms with Gasteiger partial charge in [0.15, 0.2) is 0 Å². The van der Waals surface area contributed by atoms with Crippen LogP contribution in [0.25, 0.3) is 22.4 Å². The van der Waals surface area contributed by atoms with E-state index in [0.717, 1.165) is 5.56 Å². The quantitative estimate of drug-likeness (QED) is 0.737. The molecule has 0 amide bonds. The number of nitrogens with zero attached hydrogens (tertiary/aromatic N) is 2. The van der Waals surface area contributed by atoms with Crippen molar-refractivity contribution in [2.75, 3.05) is 0 Å². The van der Waals surface area contributed by atoms with E-state index in [1.165, 1.54) is 6.07 Å². The number of aromatic nitrogens is 2. The van der Waals surface area contributed by atoms with Gasteiger partial charge in [-0.2, -0.15) is 5.10 Å². The lowest BCUT2D eigenvalue weighted by Crippen LogP contribution is -2.17. The Kier molecular flexibility index (Phi) is 3.83. The third-order valence-electron chi connectivity index (χ3n) is 3.50. The largest absolute Gasteiger partial charge is 0.287 e. The van der Waals surface area contributed by atoms with Crippen molar-refractivity contribution in [2.24, 2.45) is 0 Å². The van der Waals surface area contributed by atoms with Crippen molar-refractivity contribution < 1.29 is 4.39 Å². The van der Waals surface area contributed by atoms with Crippen LogP contribution in [-0.4, -0.2) is 9.78 Å². The van der Waals surface area contributed by atoms with Gasteiger partial charge in [0.25, 0.3) is 0 Å². The van der Waals surface area contributed by atoms with E-state index in [4.69, 9.17) is 0 Å². The normalized spacial score (nSPS) is 10.6. The second kappa shape index (κ2) is 5.93. The molecule has 3 nitrogen and oxygen atoms in total. The summed E-state index contributed by atoms with van der Waals surface area (Å²) in [7, 11) is 0. The van der Waals surface area contributed by atoms with Gasteiger partial charge in [0.05, 0.1) is 0 Å². The number of aryl methyl sites for hydroxylation is 1. The van der Waals surface area contributed by atoms with Crippen LogP contribution in [0, 0.1) is 5.82 Å². The number of benzene rings is 2. The summed E-state index contributed by atoms with van der Waals surface area (Å²) in [5.74, 6) is -0.444. The predicted molar refractivity (Wildman–Crippen MR) is 85.0 cm³/mol. The first-order valence-electron chi connectivity index (χ1n) is 7.12. The Morgan fingerprint density at radius 3 is 2.36 bits per heavy atom. The van der Waals surface area contributed by atoms with Gasteiger partial charge >= 0.3 is 0 Å². The van der Waals surface area contributed by atoms with Crippen LogP contribution in [0.1, 0.15) is 6.92 Å². The third kappa shape index (κ3) is 2.55. The van der Waals surface area contributed by atoms with Crippen LogP contribution in [-0.2, 0) is 6.54 Å². The van der Waals surface area contributed by atoms with Crippen molar-refractivity contribution in [3.8, 4) is 22.4 Å². The Morgan fingerprint density at radius 1 is 1.00 bits per heavy atom. The summed E-state index contributed by atoms with van der Waals surface area (Å²) in [5.41, 5.74) is 1.43. The molecule has 0 saturated carbocycles. The lowest BCUT2D eigenvalue weighted by molar-refractivity contribution is 0.620. The molecule has 0 aliphatic rings. The summed E-state index contributed by atoms with van der Waals surface area (Å²) >= 11 is 0. The van der Waals surface area contributed by atoms with Crippen molar-refractivity contribution in [1.82, 2.24) is 9.78 Å². The molecule has 0 saturated heterocycles. The molecule has 0 radical (unpaired) electrons. The van der Waals surface area contributed by atoms with Gasteiger partial charge in [-0.05, 0) is 24.6 Å². The summed E-state index contributed by atoms with van der Waals surface area (Å²) < 4.78 is 15.7. The fourth-order valence-corrected chi connectivity index (χ4v) is 2.35. The van der Waals surface area contributed by atoms with E-state index in [-0.39, 0.29) is 16.7 Å². The molecular formula is C18H15FN2O. The van der Waals surface area contributed by atoms with E-state index in [0.29, 0.717) is 12.1 Å². The molecule has 0 aliphatic carbocycles. The zero-order valence-corrected chi connectivity index (χ0v) is 12.2. The maximum atomic E-state index is 14.0. The maximum Gasteiger partial charge on any atom is 0.216 e. The highest BCUT2D eigenvalue weighted by Gasteiger charge is 2.15. The summed E-state index contributed by atoms with van der Waals surface area (Å²) in [6.07, 6.45) is 1.71. The molecule has 4 heteroatoms. The molecule has 1 heterocycles. The van der Waals surface area contributed by atoms with E-state index in [9.17, 15) is 9.18 Å². The van der Waals surface area contributed by atoms with Crippen LogP contribution in [0.4, 0.5) is 4.39 Å². The lowest BCUT2D eigenvalue weighted by atomic mass is 10.0. The van der Waals surface area contributed by atoms with Crippen molar-refractivity contribution in [3.63, 3.8) is 0 Å². The molecule has 0 N–H and O–H groups in total. The number of hydrogen-bond acceptors (Lipinski definition) is 2. The van der Waals surface area contributed by atoms with E-state index in [1.807, 2.05) is 37.3 Å². The minimum atomic E-state index is -0.444. The van der Waals surface area contributed by atoms with Gasteiger partial charge in [-0.25, -0.2) is 4.39 Å². The Morgan fingerprint density at radius 2 is 1.68 bits per heavy atom. The summed E-state index contributed by atoms with van der Waals surface area (Å²) in [6.45, 7) is 2.53. The smallest absolute Gasteiger partial charge is 0.216 e. The molecule has 3 rings (SSSR count). The molecule has 3 aromatic rings. The molecule has 110 valence electrons. The molecule has 0 spiro atoms. The van der Waals surface area contributed by atoms with Crippen molar-refractivity contribution in [1.29, 1.82) is 0 Å². The van der Waals surface area contributed by atoms with Gasteiger partial charge in [0.2, 0.25) is 5.43 Å². The number of halogens is 1. The maximum absolute atomic E-state index is 14.0. The topological polar surface area (TPSA) is 34.9 Å². The lowest BCUT2D eigenvalue weighted by Gasteiger charge is -2.10. The average molecular weight is 294 g/mol. The van der Waals surface area contributed by atoms with Crippen molar-refractivity contribution in [3.05, 3.63) is 76.8 Å². The average Bonchev–Trinajstić information content (AvgIpc) is 2.57. The van der Waals surface area contributed by atoms with Gasteiger partial charge in [-0.15, -0.1) is 0 Å². The van der Waals surface area contributed by atoms with Crippen LogP contribution < -0.4 is 5.43 Å². The monoisotopic (exact) mass is 294 g/mol. The fraction of sp³-hybridized carbons (Fsp3) is 0.111. The molecular weight excluding hydrogens is 279 g/mol. The van der Waals surface area contributed by atoms with Crippen LogP contribution in [0.5, 0.6) is 0 Å². The minimum Gasteiger partial charge on any atom is -0.287 e. The zero-order chi connectivity index (χ0) is 15.5. The summed E-state index contributed by atoms with van der Waals surface area (Å²) in [4.78, 5) is 12.7. The Balaban J connectivity index is 2.29. The first-order chi connectivity index (χ1) is 10.7. The highest BCUT2D eigenvalue weighted by Crippen LogP contribution is 2.21. The number of rotatable bonds is 3. The molecule has 2 aromatic carbocycles. The van der Waals surface area contributed by atoms with Gasteiger partial charge in [0.1, 0.15) is 11.5 Å². The highest BCUT2D eigenvalue weighted by molar-refractivity contribution is 5.69. The Hall–Kier alpha value is -2.75. The summed E-state index contributed by atoms with van der Waals surface area (Å²) in [5, 5.41) is 4.27. The minimum absolute atomic E-state index is 0.140.